The van der Waals surface area contributed by atoms with Gasteiger partial charge in [-0.15, -0.1) is 0 Å². The molecule has 5 rings (SSSR count). The molecule has 10 nitrogen and oxygen atoms in total. The van der Waals surface area contributed by atoms with Crippen LogP contribution in [0.15, 0.2) is 82.6 Å². The first kappa shape index (κ1) is 31.8. The Morgan fingerprint density at radius 3 is 1.18 bits per heavy atom. The molecule has 2 saturated heterocycles. The van der Waals surface area contributed by atoms with Crippen LogP contribution < -0.4 is 10.6 Å². The first-order valence-corrected chi connectivity index (χ1v) is 18.0. The quantitative estimate of drug-likeness (QED) is 0.343. The lowest BCUT2D eigenvalue weighted by Crippen LogP contribution is -2.31. The van der Waals surface area contributed by atoms with Gasteiger partial charge in [-0.1, -0.05) is 31.7 Å². The first-order chi connectivity index (χ1) is 21.1. The van der Waals surface area contributed by atoms with Crippen LogP contribution in [0.5, 0.6) is 0 Å². The van der Waals surface area contributed by atoms with Crippen molar-refractivity contribution in [2.75, 3.05) is 36.8 Å². The van der Waals surface area contributed by atoms with Crippen molar-refractivity contribution in [1.82, 2.24) is 8.61 Å². The fourth-order valence-corrected chi connectivity index (χ4v) is 8.53. The fourth-order valence-electron chi connectivity index (χ4n) is 5.50. The normalized spacial score (nSPS) is 17.3. The molecule has 0 spiro atoms. The van der Waals surface area contributed by atoms with E-state index in [4.69, 9.17) is 0 Å². The van der Waals surface area contributed by atoms with E-state index in [0.717, 1.165) is 51.4 Å². The van der Waals surface area contributed by atoms with Gasteiger partial charge in [-0.05, 0) is 92.4 Å². The van der Waals surface area contributed by atoms with Crippen molar-refractivity contribution in [1.29, 1.82) is 0 Å². The summed E-state index contributed by atoms with van der Waals surface area (Å²) >= 11 is 0. The highest BCUT2D eigenvalue weighted by molar-refractivity contribution is 7.89. The molecule has 3 aromatic rings. The summed E-state index contributed by atoms with van der Waals surface area (Å²) in [6, 6.07) is 18.4. The Morgan fingerprint density at radius 1 is 0.500 bits per heavy atom. The van der Waals surface area contributed by atoms with E-state index in [9.17, 15) is 26.4 Å². The molecule has 2 amide bonds. The average Bonchev–Trinajstić information content (AvgIpc) is 3.48. The van der Waals surface area contributed by atoms with E-state index in [-0.39, 0.29) is 9.79 Å². The summed E-state index contributed by atoms with van der Waals surface area (Å²) in [6.45, 7) is 2.01. The van der Waals surface area contributed by atoms with Crippen LogP contribution >= 0.6 is 0 Å². The molecule has 0 bridgehead atoms. The van der Waals surface area contributed by atoms with Gasteiger partial charge < -0.3 is 10.6 Å². The van der Waals surface area contributed by atoms with Crippen molar-refractivity contribution < 1.29 is 26.4 Å². The molecule has 0 aromatic heterocycles. The summed E-state index contributed by atoms with van der Waals surface area (Å²) in [5.41, 5.74) is 1.47. The van der Waals surface area contributed by atoms with Crippen molar-refractivity contribution in [3.8, 4) is 0 Å². The van der Waals surface area contributed by atoms with E-state index in [1.54, 1.807) is 24.3 Å². The molecule has 0 aliphatic carbocycles. The highest BCUT2D eigenvalue weighted by Gasteiger charge is 2.26. The highest BCUT2D eigenvalue weighted by Crippen LogP contribution is 2.23. The van der Waals surface area contributed by atoms with Crippen LogP contribution in [0.1, 0.15) is 72.1 Å². The number of hydrogen-bond donors (Lipinski definition) is 2. The molecular formula is C32H38N4O6S2. The number of nitrogens with one attached hydrogen (secondary N) is 2. The minimum absolute atomic E-state index is 0.160. The van der Waals surface area contributed by atoms with Crippen molar-refractivity contribution >= 4 is 43.2 Å². The maximum absolute atomic E-state index is 13.0. The number of sulfonamides is 2. The van der Waals surface area contributed by atoms with Crippen LogP contribution in [0.25, 0.3) is 0 Å². The third-order valence-electron chi connectivity index (χ3n) is 8.02. The van der Waals surface area contributed by atoms with Gasteiger partial charge in [-0.3, -0.25) is 9.59 Å². The van der Waals surface area contributed by atoms with Gasteiger partial charge in [0, 0.05) is 48.7 Å². The van der Waals surface area contributed by atoms with Crippen molar-refractivity contribution in [3.63, 3.8) is 0 Å². The molecule has 0 atom stereocenters. The standard InChI is InChI=1S/C32H38N4O6S2/c37-31(25-12-16-29(17-13-25)43(39,40)35-20-5-1-2-6-21-35)33-27-10-9-11-28(24-27)34-32(38)26-14-18-30(19-15-26)44(41,42)36-22-7-3-4-8-23-36/h9-19,24H,1-8,20-23H2,(H,33,37)(H,34,38). The van der Waals surface area contributed by atoms with Crippen LogP contribution in [0.2, 0.25) is 0 Å². The Balaban J connectivity index is 1.20. The largest absolute Gasteiger partial charge is 0.322 e. The SMILES string of the molecule is O=C(Nc1cccc(NC(=O)c2ccc(S(=O)(=O)N3CCCCCC3)cc2)c1)c1ccc(S(=O)(=O)N2CCCCCC2)cc1. The third kappa shape index (κ3) is 7.55. The Hall–Kier alpha value is -3.58. The second kappa shape index (κ2) is 14.0. The molecule has 3 aromatic carbocycles. The summed E-state index contributed by atoms with van der Waals surface area (Å²) < 4.78 is 55.2. The predicted octanol–water partition coefficient (Wildman–Crippen LogP) is 5.32. The molecule has 234 valence electrons. The van der Waals surface area contributed by atoms with Gasteiger partial charge in [0.2, 0.25) is 20.0 Å². The number of carbonyl (C=O) groups excluding carboxylic acids is 2. The molecule has 2 heterocycles. The number of rotatable bonds is 8. The Bertz CT molecular complexity index is 1550. The molecule has 2 aliphatic rings. The van der Waals surface area contributed by atoms with E-state index in [1.807, 2.05) is 0 Å². The van der Waals surface area contributed by atoms with Gasteiger partial charge in [0.15, 0.2) is 0 Å². The van der Waals surface area contributed by atoms with Crippen LogP contribution in [0.4, 0.5) is 11.4 Å². The lowest BCUT2D eigenvalue weighted by atomic mass is 10.2. The Morgan fingerprint density at radius 2 is 0.841 bits per heavy atom. The molecule has 44 heavy (non-hydrogen) atoms. The fraction of sp³-hybridized carbons (Fsp3) is 0.375. The molecule has 0 saturated carbocycles. The second-order valence-corrected chi connectivity index (χ2v) is 15.1. The van der Waals surface area contributed by atoms with Gasteiger partial charge in [0.25, 0.3) is 11.8 Å². The Kier molecular flexibility index (Phi) is 10.1. The van der Waals surface area contributed by atoms with E-state index in [0.29, 0.717) is 48.7 Å². The van der Waals surface area contributed by atoms with Gasteiger partial charge in [-0.25, -0.2) is 16.8 Å². The zero-order valence-corrected chi connectivity index (χ0v) is 26.2. The van der Waals surface area contributed by atoms with Gasteiger partial charge >= 0.3 is 0 Å². The van der Waals surface area contributed by atoms with E-state index in [1.165, 1.54) is 57.1 Å². The molecule has 2 fully saturated rings. The molecule has 2 N–H and O–H groups in total. The van der Waals surface area contributed by atoms with Gasteiger partial charge in [0.05, 0.1) is 9.79 Å². The van der Waals surface area contributed by atoms with Gasteiger partial charge in [0.1, 0.15) is 0 Å². The third-order valence-corrected chi connectivity index (χ3v) is 11.8. The lowest BCUT2D eigenvalue weighted by Gasteiger charge is -2.20. The zero-order valence-electron chi connectivity index (χ0n) is 24.6. The van der Waals surface area contributed by atoms with E-state index < -0.39 is 31.9 Å². The van der Waals surface area contributed by atoms with Crippen LogP contribution in [0.3, 0.4) is 0 Å². The summed E-state index contributed by atoms with van der Waals surface area (Å²) in [5, 5.41) is 5.56. The number of nitrogens with zero attached hydrogens (tertiary/aromatic N) is 2. The monoisotopic (exact) mass is 638 g/mol. The number of benzene rings is 3. The number of carbonyl (C=O) groups is 2. The van der Waals surface area contributed by atoms with Crippen molar-refractivity contribution in [2.24, 2.45) is 0 Å². The predicted molar refractivity (Wildman–Crippen MR) is 170 cm³/mol. The summed E-state index contributed by atoms with van der Waals surface area (Å²) in [7, 11) is -7.23. The molecular weight excluding hydrogens is 601 g/mol. The maximum Gasteiger partial charge on any atom is 0.255 e. The average molecular weight is 639 g/mol. The number of anilines is 2. The van der Waals surface area contributed by atoms with Gasteiger partial charge in [-0.2, -0.15) is 8.61 Å². The zero-order chi connectivity index (χ0) is 31.2. The lowest BCUT2D eigenvalue weighted by molar-refractivity contribution is 0.101. The molecule has 2 aliphatic heterocycles. The van der Waals surface area contributed by atoms with Crippen LogP contribution in [-0.4, -0.2) is 63.4 Å². The number of amides is 2. The molecule has 12 heteroatoms. The second-order valence-electron chi connectivity index (χ2n) is 11.2. The summed E-state index contributed by atoms with van der Waals surface area (Å²) in [5.74, 6) is -0.846. The van der Waals surface area contributed by atoms with Crippen molar-refractivity contribution in [3.05, 3.63) is 83.9 Å². The molecule has 0 unspecified atom stereocenters. The first-order valence-electron chi connectivity index (χ1n) is 15.1. The minimum Gasteiger partial charge on any atom is -0.322 e. The van der Waals surface area contributed by atoms with Crippen LogP contribution in [-0.2, 0) is 20.0 Å². The summed E-state index contributed by atoms with van der Waals surface area (Å²) in [6.07, 6.45) is 7.46. The Labute approximate surface area is 259 Å². The van der Waals surface area contributed by atoms with E-state index >= 15 is 0 Å². The maximum atomic E-state index is 13.0. The molecule has 0 radical (unpaired) electrons. The topological polar surface area (TPSA) is 133 Å². The van der Waals surface area contributed by atoms with Crippen LogP contribution in [0, 0.1) is 0 Å². The van der Waals surface area contributed by atoms with E-state index in [2.05, 4.69) is 10.6 Å². The van der Waals surface area contributed by atoms with Crippen molar-refractivity contribution in [2.45, 2.75) is 61.2 Å². The smallest absolute Gasteiger partial charge is 0.255 e. The summed E-state index contributed by atoms with van der Waals surface area (Å²) in [4.78, 5) is 26.1. The highest BCUT2D eigenvalue weighted by atomic mass is 32.2. The number of hydrogen-bond acceptors (Lipinski definition) is 6. The minimum atomic E-state index is -3.61.